The molecule has 4 N–H and O–H groups in total. The molecule has 6 heteroatoms. The van der Waals surface area contributed by atoms with Gasteiger partial charge in [0.25, 0.3) is 0 Å². The highest BCUT2D eigenvalue weighted by molar-refractivity contribution is 7.13. The van der Waals surface area contributed by atoms with Gasteiger partial charge in [0.1, 0.15) is 0 Å². The standard InChI is InChI=1S/C14H19N5S/c1-18-4-6-19(7-5-18)13-3-2-10(8-11(13)15)12-9-20-14(16)17-12/h2-3,8-9H,4-7,15H2,1H3,(H2,16,17). The number of piperazine rings is 1. The zero-order chi connectivity index (χ0) is 14.1. The van der Waals surface area contributed by atoms with E-state index >= 15 is 0 Å². The number of rotatable bonds is 2. The van der Waals surface area contributed by atoms with Crippen molar-refractivity contribution in [2.75, 3.05) is 49.6 Å². The van der Waals surface area contributed by atoms with E-state index in [0.29, 0.717) is 5.13 Å². The van der Waals surface area contributed by atoms with E-state index in [-0.39, 0.29) is 0 Å². The maximum atomic E-state index is 6.22. The lowest BCUT2D eigenvalue weighted by molar-refractivity contribution is 0.313. The number of likely N-dealkylation sites (N-methyl/N-ethyl adjacent to an activating group) is 1. The molecule has 1 aliphatic rings. The summed E-state index contributed by atoms with van der Waals surface area (Å²) < 4.78 is 0. The van der Waals surface area contributed by atoms with Crippen LogP contribution in [-0.4, -0.2) is 43.1 Å². The molecule has 0 bridgehead atoms. The summed E-state index contributed by atoms with van der Waals surface area (Å²) in [4.78, 5) is 8.97. The van der Waals surface area contributed by atoms with Crippen molar-refractivity contribution in [3.8, 4) is 11.3 Å². The minimum Gasteiger partial charge on any atom is -0.397 e. The molecule has 0 atom stereocenters. The number of anilines is 3. The average Bonchev–Trinajstić information content (AvgIpc) is 2.87. The molecular weight excluding hydrogens is 270 g/mol. The lowest BCUT2D eigenvalue weighted by Gasteiger charge is -2.34. The Morgan fingerprint density at radius 1 is 1.15 bits per heavy atom. The van der Waals surface area contributed by atoms with Crippen LogP contribution in [0.3, 0.4) is 0 Å². The minimum atomic E-state index is 0.585. The Bertz CT molecular complexity index is 601. The number of hydrogen-bond donors (Lipinski definition) is 2. The monoisotopic (exact) mass is 289 g/mol. The molecule has 1 aliphatic heterocycles. The molecule has 2 heterocycles. The summed E-state index contributed by atoms with van der Waals surface area (Å²) in [6, 6.07) is 6.15. The maximum Gasteiger partial charge on any atom is 0.180 e. The largest absolute Gasteiger partial charge is 0.397 e. The van der Waals surface area contributed by atoms with Crippen LogP contribution in [-0.2, 0) is 0 Å². The Labute approximate surface area is 122 Å². The quantitative estimate of drug-likeness (QED) is 0.824. The maximum absolute atomic E-state index is 6.22. The second-order valence-electron chi connectivity index (χ2n) is 5.13. The zero-order valence-electron chi connectivity index (χ0n) is 11.5. The SMILES string of the molecule is CN1CCN(c2ccc(-c3csc(N)n3)cc2N)CC1. The van der Waals surface area contributed by atoms with Gasteiger partial charge in [-0.15, -0.1) is 11.3 Å². The predicted octanol–water partition coefficient (Wildman–Crippen LogP) is 1.73. The first-order valence-electron chi connectivity index (χ1n) is 6.68. The molecule has 1 aromatic heterocycles. The molecule has 5 nitrogen and oxygen atoms in total. The number of nitrogens with zero attached hydrogens (tertiary/aromatic N) is 3. The lowest BCUT2D eigenvalue weighted by Crippen LogP contribution is -2.44. The van der Waals surface area contributed by atoms with Gasteiger partial charge in [0.2, 0.25) is 0 Å². The first-order chi connectivity index (χ1) is 9.63. The highest BCUT2D eigenvalue weighted by Gasteiger charge is 2.16. The summed E-state index contributed by atoms with van der Waals surface area (Å²) >= 11 is 1.45. The van der Waals surface area contributed by atoms with E-state index in [4.69, 9.17) is 11.5 Å². The van der Waals surface area contributed by atoms with Gasteiger partial charge in [-0.25, -0.2) is 4.98 Å². The molecule has 0 amide bonds. The molecule has 2 aromatic rings. The number of benzene rings is 1. The van der Waals surface area contributed by atoms with Crippen molar-refractivity contribution in [3.05, 3.63) is 23.6 Å². The Hall–Kier alpha value is -1.79. The number of thiazole rings is 1. The van der Waals surface area contributed by atoms with E-state index in [1.54, 1.807) is 0 Å². The Morgan fingerprint density at radius 2 is 1.90 bits per heavy atom. The van der Waals surface area contributed by atoms with Crippen molar-refractivity contribution in [1.29, 1.82) is 0 Å². The summed E-state index contributed by atoms with van der Waals surface area (Å²) in [5.41, 5.74) is 15.7. The number of aromatic nitrogens is 1. The van der Waals surface area contributed by atoms with Gasteiger partial charge in [-0.3, -0.25) is 0 Å². The van der Waals surface area contributed by atoms with Crippen molar-refractivity contribution in [2.45, 2.75) is 0 Å². The fourth-order valence-electron chi connectivity index (χ4n) is 2.47. The summed E-state index contributed by atoms with van der Waals surface area (Å²) in [7, 11) is 2.15. The number of hydrogen-bond acceptors (Lipinski definition) is 6. The number of nitrogen functional groups attached to an aromatic ring is 2. The lowest BCUT2D eigenvalue weighted by atomic mass is 10.1. The summed E-state index contributed by atoms with van der Waals surface area (Å²) in [6.45, 7) is 4.18. The molecule has 0 saturated carbocycles. The van der Waals surface area contributed by atoms with E-state index < -0.39 is 0 Å². The van der Waals surface area contributed by atoms with Crippen LogP contribution in [0.1, 0.15) is 0 Å². The second-order valence-corrected chi connectivity index (χ2v) is 6.02. The van der Waals surface area contributed by atoms with Gasteiger partial charge in [-0.2, -0.15) is 0 Å². The van der Waals surface area contributed by atoms with E-state index in [9.17, 15) is 0 Å². The van der Waals surface area contributed by atoms with E-state index in [1.165, 1.54) is 11.3 Å². The van der Waals surface area contributed by atoms with E-state index in [1.807, 2.05) is 11.4 Å². The van der Waals surface area contributed by atoms with Crippen molar-refractivity contribution >= 4 is 27.8 Å². The Morgan fingerprint density at radius 3 is 2.50 bits per heavy atom. The molecule has 1 aromatic carbocycles. The van der Waals surface area contributed by atoms with Gasteiger partial charge in [0.15, 0.2) is 5.13 Å². The predicted molar refractivity (Wildman–Crippen MR) is 86.1 cm³/mol. The first kappa shape index (κ1) is 13.2. The molecule has 1 fully saturated rings. The summed E-state index contributed by atoms with van der Waals surface area (Å²) in [5.74, 6) is 0. The molecular formula is C14H19N5S. The van der Waals surface area contributed by atoms with Gasteiger partial charge >= 0.3 is 0 Å². The summed E-state index contributed by atoms with van der Waals surface area (Å²) in [6.07, 6.45) is 0. The van der Waals surface area contributed by atoms with Gasteiger partial charge in [0.05, 0.1) is 17.1 Å². The second kappa shape index (κ2) is 5.30. The van der Waals surface area contributed by atoms with Gasteiger partial charge < -0.3 is 21.3 Å². The molecule has 3 rings (SSSR count). The topological polar surface area (TPSA) is 71.4 Å². The highest BCUT2D eigenvalue weighted by atomic mass is 32.1. The highest BCUT2D eigenvalue weighted by Crippen LogP contribution is 2.31. The molecule has 20 heavy (non-hydrogen) atoms. The fourth-order valence-corrected chi connectivity index (χ4v) is 3.04. The van der Waals surface area contributed by atoms with Crippen LogP contribution in [0.4, 0.5) is 16.5 Å². The van der Waals surface area contributed by atoms with Crippen LogP contribution in [0.5, 0.6) is 0 Å². The van der Waals surface area contributed by atoms with E-state index in [0.717, 1.165) is 48.8 Å². The third-order valence-electron chi connectivity index (χ3n) is 3.69. The van der Waals surface area contributed by atoms with E-state index in [2.05, 4.69) is 34.0 Å². The van der Waals surface area contributed by atoms with Crippen LogP contribution >= 0.6 is 11.3 Å². The smallest absolute Gasteiger partial charge is 0.180 e. The molecule has 106 valence electrons. The van der Waals surface area contributed by atoms with Crippen molar-refractivity contribution in [3.63, 3.8) is 0 Å². The van der Waals surface area contributed by atoms with Crippen LogP contribution < -0.4 is 16.4 Å². The number of nitrogens with two attached hydrogens (primary N) is 2. The molecule has 0 aliphatic carbocycles. The van der Waals surface area contributed by atoms with Gasteiger partial charge in [-0.05, 0) is 19.2 Å². The fraction of sp³-hybridized carbons (Fsp3) is 0.357. The minimum absolute atomic E-state index is 0.585. The van der Waals surface area contributed by atoms with Crippen LogP contribution in [0, 0.1) is 0 Å². The van der Waals surface area contributed by atoms with Crippen LogP contribution in [0.2, 0.25) is 0 Å². The van der Waals surface area contributed by atoms with Crippen molar-refractivity contribution in [2.24, 2.45) is 0 Å². The third-order valence-corrected chi connectivity index (χ3v) is 4.36. The van der Waals surface area contributed by atoms with Crippen molar-refractivity contribution in [1.82, 2.24) is 9.88 Å². The zero-order valence-corrected chi connectivity index (χ0v) is 12.4. The Kier molecular flexibility index (Phi) is 3.50. The molecule has 0 unspecified atom stereocenters. The molecule has 1 saturated heterocycles. The van der Waals surface area contributed by atoms with Crippen molar-refractivity contribution < 1.29 is 0 Å². The molecule has 0 spiro atoms. The first-order valence-corrected chi connectivity index (χ1v) is 7.56. The van der Waals surface area contributed by atoms with Crippen LogP contribution in [0.15, 0.2) is 23.6 Å². The summed E-state index contributed by atoms with van der Waals surface area (Å²) in [5, 5.41) is 2.54. The Balaban J connectivity index is 1.84. The molecule has 0 radical (unpaired) electrons. The average molecular weight is 289 g/mol. The van der Waals surface area contributed by atoms with Gasteiger partial charge in [-0.1, -0.05) is 6.07 Å². The van der Waals surface area contributed by atoms with Crippen LogP contribution in [0.25, 0.3) is 11.3 Å². The normalized spacial score (nSPS) is 16.6. The third kappa shape index (κ3) is 2.57. The van der Waals surface area contributed by atoms with Gasteiger partial charge in [0, 0.05) is 37.1 Å².